The number of ether oxygens (including phenoxy) is 2. The van der Waals surface area contributed by atoms with Crippen molar-refractivity contribution >= 4 is 17.3 Å². The molecule has 25 heavy (non-hydrogen) atoms. The third-order valence-corrected chi connectivity index (χ3v) is 4.71. The van der Waals surface area contributed by atoms with Crippen molar-refractivity contribution in [3.8, 4) is 11.5 Å². The second-order valence-electron chi connectivity index (χ2n) is 5.28. The Bertz CT molecular complexity index is 673. The maximum atomic E-state index is 5.70. The van der Waals surface area contributed by atoms with Crippen LogP contribution < -0.4 is 20.1 Å². The maximum absolute atomic E-state index is 5.70. The van der Waals surface area contributed by atoms with Crippen LogP contribution in [0, 0.1) is 0 Å². The van der Waals surface area contributed by atoms with Crippen LogP contribution in [0.25, 0.3) is 0 Å². The predicted octanol–water partition coefficient (Wildman–Crippen LogP) is 2.50. The first-order valence-electron chi connectivity index (χ1n) is 8.40. The quantitative estimate of drug-likeness (QED) is 0.408. The lowest BCUT2D eigenvalue weighted by Crippen LogP contribution is -2.40. The van der Waals surface area contributed by atoms with Crippen molar-refractivity contribution < 1.29 is 9.47 Å². The Morgan fingerprint density at radius 2 is 2.04 bits per heavy atom. The van der Waals surface area contributed by atoms with Crippen LogP contribution in [0.4, 0.5) is 0 Å². The molecule has 0 amide bonds. The highest BCUT2D eigenvalue weighted by Gasteiger charge is 2.02. The van der Waals surface area contributed by atoms with E-state index in [4.69, 9.17) is 9.47 Å². The van der Waals surface area contributed by atoms with E-state index in [1.807, 2.05) is 30.5 Å². The summed E-state index contributed by atoms with van der Waals surface area (Å²) in [6, 6.07) is 7.58. The van der Waals surface area contributed by atoms with Gasteiger partial charge in [-0.15, -0.1) is 11.3 Å². The number of nitrogens with zero attached hydrogens (tertiary/aromatic N) is 2. The number of rotatable bonds is 9. The summed E-state index contributed by atoms with van der Waals surface area (Å²) in [6.45, 7) is 4.15. The van der Waals surface area contributed by atoms with Crippen molar-refractivity contribution in [1.29, 1.82) is 0 Å². The monoisotopic (exact) mass is 362 g/mol. The third kappa shape index (κ3) is 6.62. The lowest BCUT2D eigenvalue weighted by atomic mass is 10.3. The molecule has 0 saturated heterocycles. The number of nitrogens with one attached hydrogen (secondary N) is 2. The lowest BCUT2D eigenvalue weighted by Gasteiger charge is -2.12. The highest BCUT2D eigenvalue weighted by atomic mass is 32.1. The zero-order valence-electron chi connectivity index (χ0n) is 15.0. The molecule has 0 aliphatic rings. The molecule has 1 aromatic carbocycles. The van der Waals surface area contributed by atoms with E-state index < -0.39 is 0 Å². The molecule has 1 heterocycles. The Morgan fingerprint density at radius 1 is 1.24 bits per heavy atom. The molecular formula is C18H26N4O2S. The van der Waals surface area contributed by atoms with Gasteiger partial charge in [0.1, 0.15) is 18.1 Å². The molecule has 0 aliphatic heterocycles. The van der Waals surface area contributed by atoms with E-state index in [1.165, 1.54) is 4.88 Å². The summed E-state index contributed by atoms with van der Waals surface area (Å²) < 4.78 is 10.9. The van der Waals surface area contributed by atoms with Crippen molar-refractivity contribution in [2.75, 3.05) is 33.9 Å². The molecule has 7 heteroatoms. The Kier molecular flexibility index (Phi) is 8.04. The predicted molar refractivity (Wildman–Crippen MR) is 103 cm³/mol. The van der Waals surface area contributed by atoms with Gasteiger partial charge in [-0.3, -0.25) is 4.99 Å². The molecule has 2 aromatic rings. The molecule has 0 saturated carbocycles. The standard InChI is InChI=1S/C18H26N4O2S/c1-4-16-13-22-17(25-16)8-9-20-18(19-2)21-10-11-24-15-7-5-6-14(12-15)23-3/h5-7,12-13H,4,8-11H2,1-3H3,(H2,19,20,21). The number of aliphatic imine (C=N–C) groups is 1. The summed E-state index contributed by atoms with van der Waals surface area (Å²) >= 11 is 1.77. The lowest BCUT2D eigenvalue weighted by molar-refractivity contribution is 0.319. The molecule has 2 rings (SSSR count). The molecule has 0 radical (unpaired) electrons. The van der Waals surface area contributed by atoms with E-state index in [-0.39, 0.29) is 0 Å². The van der Waals surface area contributed by atoms with Crippen molar-refractivity contribution in [3.05, 3.63) is 40.3 Å². The molecule has 136 valence electrons. The van der Waals surface area contributed by atoms with E-state index in [1.54, 1.807) is 25.5 Å². The van der Waals surface area contributed by atoms with Gasteiger partial charge >= 0.3 is 0 Å². The molecule has 6 nitrogen and oxygen atoms in total. The van der Waals surface area contributed by atoms with Gasteiger partial charge in [0, 0.05) is 37.2 Å². The zero-order chi connectivity index (χ0) is 17.9. The molecule has 0 unspecified atom stereocenters. The van der Waals surface area contributed by atoms with Gasteiger partial charge < -0.3 is 20.1 Å². The molecule has 0 fully saturated rings. The third-order valence-electron chi connectivity index (χ3n) is 3.51. The zero-order valence-corrected chi connectivity index (χ0v) is 15.9. The van der Waals surface area contributed by atoms with Crippen LogP contribution in [-0.4, -0.2) is 44.8 Å². The van der Waals surface area contributed by atoms with Gasteiger partial charge in [-0.2, -0.15) is 0 Å². The van der Waals surface area contributed by atoms with Gasteiger partial charge in [0.15, 0.2) is 5.96 Å². The highest BCUT2D eigenvalue weighted by Crippen LogP contribution is 2.18. The molecule has 0 spiro atoms. The van der Waals surface area contributed by atoms with Crippen LogP contribution in [0.3, 0.4) is 0 Å². The van der Waals surface area contributed by atoms with Crippen LogP contribution in [-0.2, 0) is 12.8 Å². The van der Waals surface area contributed by atoms with Gasteiger partial charge in [0.25, 0.3) is 0 Å². The smallest absolute Gasteiger partial charge is 0.191 e. The van der Waals surface area contributed by atoms with Gasteiger partial charge in [0.2, 0.25) is 0 Å². The molecule has 0 atom stereocenters. The highest BCUT2D eigenvalue weighted by molar-refractivity contribution is 7.11. The minimum absolute atomic E-state index is 0.542. The van der Waals surface area contributed by atoms with E-state index in [0.29, 0.717) is 13.2 Å². The van der Waals surface area contributed by atoms with Gasteiger partial charge in [-0.1, -0.05) is 13.0 Å². The first-order valence-corrected chi connectivity index (χ1v) is 9.21. The number of hydrogen-bond acceptors (Lipinski definition) is 5. The van der Waals surface area contributed by atoms with Crippen molar-refractivity contribution in [2.45, 2.75) is 19.8 Å². The fourth-order valence-corrected chi connectivity index (χ4v) is 3.03. The van der Waals surface area contributed by atoms with E-state index in [9.17, 15) is 0 Å². The number of guanidine groups is 1. The van der Waals surface area contributed by atoms with Crippen LogP contribution in [0.2, 0.25) is 0 Å². The van der Waals surface area contributed by atoms with Crippen LogP contribution in [0.5, 0.6) is 11.5 Å². The summed E-state index contributed by atoms with van der Waals surface area (Å²) in [5.41, 5.74) is 0. The Labute approximate surface area is 153 Å². The first-order chi connectivity index (χ1) is 12.2. The fraction of sp³-hybridized carbons (Fsp3) is 0.444. The van der Waals surface area contributed by atoms with Crippen molar-refractivity contribution in [3.63, 3.8) is 0 Å². The largest absolute Gasteiger partial charge is 0.497 e. The first kappa shape index (κ1) is 19.1. The second kappa shape index (κ2) is 10.6. The van der Waals surface area contributed by atoms with Gasteiger partial charge in [-0.25, -0.2) is 4.98 Å². The Balaban J connectivity index is 1.64. The van der Waals surface area contributed by atoms with Crippen molar-refractivity contribution in [1.82, 2.24) is 15.6 Å². The Morgan fingerprint density at radius 3 is 2.76 bits per heavy atom. The molecule has 0 bridgehead atoms. The number of aromatic nitrogens is 1. The maximum Gasteiger partial charge on any atom is 0.191 e. The Hall–Kier alpha value is -2.28. The summed E-state index contributed by atoms with van der Waals surface area (Å²) in [5, 5.41) is 7.68. The van der Waals surface area contributed by atoms with Crippen LogP contribution in [0.1, 0.15) is 16.8 Å². The van der Waals surface area contributed by atoms with Crippen LogP contribution >= 0.6 is 11.3 Å². The van der Waals surface area contributed by atoms with Crippen LogP contribution in [0.15, 0.2) is 35.5 Å². The topological polar surface area (TPSA) is 67.8 Å². The molecular weight excluding hydrogens is 336 g/mol. The van der Waals surface area contributed by atoms with Gasteiger partial charge in [-0.05, 0) is 18.6 Å². The van der Waals surface area contributed by atoms with Gasteiger partial charge in [0.05, 0.1) is 18.7 Å². The number of hydrogen-bond donors (Lipinski definition) is 2. The summed E-state index contributed by atoms with van der Waals surface area (Å²) in [5.74, 6) is 2.34. The fourth-order valence-electron chi connectivity index (χ4n) is 2.16. The van der Waals surface area contributed by atoms with E-state index >= 15 is 0 Å². The average Bonchev–Trinajstić information content (AvgIpc) is 3.11. The minimum atomic E-state index is 0.542. The second-order valence-corrected chi connectivity index (χ2v) is 6.48. The normalized spacial score (nSPS) is 11.2. The summed E-state index contributed by atoms with van der Waals surface area (Å²) in [7, 11) is 3.40. The number of methoxy groups -OCH3 is 1. The van der Waals surface area contributed by atoms with E-state index in [2.05, 4.69) is 27.5 Å². The minimum Gasteiger partial charge on any atom is -0.497 e. The SMILES string of the molecule is CCc1cnc(CCNC(=NC)NCCOc2cccc(OC)c2)s1. The van der Waals surface area contributed by atoms with Crippen molar-refractivity contribution in [2.24, 2.45) is 4.99 Å². The molecule has 0 aliphatic carbocycles. The number of aryl methyl sites for hydroxylation is 1. The van der Waals surface area contributed by atoms with E-state index in [0.717, 1.165) is 41.9 Å². The average molecular weight is 362 g/mol. The number of thiazole rings is 1. The summed E-state index contributed by atoms with van der Waals surface area (Å²) in [4.78, 5) is 9.96. The molecule has 1 aromatic heterocycles. The number of benzene rings is 1. The summed E-state index contributed by atoms with van der Waals surface area (Å²) in [6.07, 6.45) is 3.90. The molecule has 2 N–H and O–H groups in total.